The second kappa shape index (κ2) is 9.11. The standard InChI is InChI=1S/C21H27N3O6S/c1-5-30-21(26)19-14(2)18(15(3)22-19)20(25)23-10-12-24(13-11-23)31(27,28)17-8-6-16(29-4)7-9-17/h6-9,22H,5,10-13H2,1-4H3. The lowest BCUT2D eigenvalue weighted by atomic mass is 10.1. The van der Waals surface area contributed by atoms with Crippen molar-refractivity contribution < 1.29 is 27.5 Å². The Hall–Kier alpha value is -2.85. The first-order valence-electron chi connectivity index (χ1n) is 10.0. The molecule has 1 fully saturated rings. The zero-order chi connectivity index (χ0) is 22.8. The lowest BCUT2D eigenvalue weighted by Crippen LogP contribution is -2.50. The van der Waals surface area contributed by atoms with Crippen molar-refractivity contribution in [3.8, 4) is 5.75 Å². The molecule has 1 aromatic heterocycles. The molecule has 168 valence electrons. The van der Waals surface area contributed by atoms with Crippen LogP contribution in [0.5, 0.6) is 5.75 Å². The van der Waals surface area contributed by atoms with Gasteiger partial charge in [-0.25, -0.2) is 13.2 Å². The van der Waals surface area contributed by atoms with Crippen molar-refractivity contribution in [1.29, 1.82) is 0 Å². The second-order valence-corrected chi connectivity index (χ2v) is 9.16. The molecule has 2 aromatic rings. The minimum atomic E-state index is -3.66. The van der Waals surface area contributed by atoms with Gasteiger partial charge in [-0.3, -0.25) is 4.79 Å². The minimum absolute atomic E-state index is 0.185. The van der Waals surface area contributed by atoms with Crippen molar-refractivity contribution in [3.05, 3.63) is 46.8 Å². The predicted molar refractivity (Wildman–Crippen MR) is 114 cm³/mol. The third-order valence-electron chi connectivity index (χ3n) is 5.35. The number of rotatable bonds is 6. The Morgan fingerprint density at radius 2 is 1.68 bits per heavy atom. The zero-order valence-corrected chi connectivity index (χ0v) is 18.9. The summed E-state index contributed by atoms with van der Waals surface area (Å²) in [5, 5.41) is 0. The van der Waals surface area contributed by atoms with Crippen molar-refractivity contribution in [2.45, 2.75) is 25.7 Å². The molecular weight excluding hydrogens is 422 g/mol. The van der Waals surface area contributed by atoms with E-state index < -0.39 is 16.0 Å². The van der Waals surface area contributed by atoms with Gasteiger partial charge < -0.3 is 19.4 Å². The van der Waals surface area contributed by atoms with E-state index in [1.165, 1.54) is 23.5 Å². The minimum Gasteiger partial charge on any atom is -0.497 e. The van der Waals surface area contributed by atoms with E-state index in [4.69, 9.17) is 9.47 Å². The molecule has 1 amide bonds. The molecule has 0 atom stereocenters. The molecule has 3 rings (SSSR count). The molecule has 1 aliphatic rings. The van der Waals surface area contributed by atoms with Crippen molar-refractivity contribution in [2.75, 3.05) is 39.9 Å². The van der Waals surface area contributed by atoms with Crippen molar-refractivity contribution in [3.63, 3.8) is 0 Å². The highest BCUT2D eigenvalue weighted by atomic mass is 32.2. The summed E-state index contributed by atoms with van der Waals surface area (Å²) in [5.41, 5.74) is 1.81. The Kier molecular flexibility index (Phi) is 6.71. The van der Waals surface area contributed by atoms with Gasteiger partial charge in [-0.05, 0) is 50.6 Å². The fraction of sp³-hybridized carbons (Fsp3) is 0.429. The normalized spacial score (nSPS) is 15.0. The number of carbonyl (C=O) groups is 2. The number of amides is 1. The van der Waals surface area contributed by atoms with E-state index >= 15 is 0 Å². The van der Waals surface area contributed by atoms with Crippen LogP contribution in [0.2, 0.25) is 0 Å². The molecule has 0 bridgehead atoms. The molecule has 1 aliphatic heterocycles. The number of ether oxygens (including phenoxy) is 2. The number of aromatic nitrogens is 1. The van der Waals surface area contributed by atoms with Gasteiger partial charge in [-0.15, -0.1) is 0 Å². The predicted octanol–water partition coefficient (Wildman–Crippen LogP) is 1.96. The Morgan fingerprint density at radius 3 is 2.23 bits per heavy atom. The van der Waals surface area contributed by atoms with Crippen LogP contribution < -0.4 is 4.74 Å². The van der Waals surface area contributed by atoms with Crippen LogP contribution in [0.4, 0.5) is 0 Å². The average Bonchev–Trinajstić information content (AvgIpc) is 3.07. The Bertz CT molecular complexity index is 1070. The Labute approximate surface area is 182 Å². The number of nitrogens with one attached hydrogen (secondary N) is 1. The molecule has 10 heteroatoms. The molecule has 0 saturated carbocycles. The molecule has 9 nitrogen and oxygen atoms in total. The van der Waals surface area contributed by atoms with E-state index in [0.29, 0.717) is 22.6 Å². The van der Waals surface area contributed by atoms with Crippen LogP contribution >= 0.6 is 0 Å². The maximum absolute atomic E-state index is 13.1. The van der Waals surface area contributed by atoms with Crippen LogP contribution in [0, 0.1) is 13.8 Å². The van der Waals surface area contributed by atoms with E-state index in [2.05, 4.69) is 4.98 Å². The number of methoxy groups -OCH3 is 1. The van der Waals surface area contributed by atoms with Gasteiger partial charge in [0.2, 0.25) is 10.0 Å². The molecular formula is C21H27N3O6S. The molecule has 0 unspecified atom stereocenters. The summed E-state index contributed by atoms with van der Waals surface area (Å²) in [7, 11) is -2.14. The maximum Gasteiger partial charge on any atom is 0.355 e. The van der Waals surface area contributed by atoms with E-state index in [9.17, 15) is 18.0 Å². The largest absolute Gasteiger partial charge is 0.497 e. The van der Waals surface area contributed by atoms with E-state index in [1.807, 2.05) is 0 Å². The first kappa shape index (κ1) is 22.8. The van der Waals surface area contributed by atoms with Crippen LogP contribution in [-0.4, -0.2) is 74.4 Å². The molecule has 2 heterocycles. The lowest BCUT2D eigenvalue weighted by molar-refractivity contribution is 0.0519. The van der Waals surface area contributed by atoms with Crippen LogP contribution in [0.1, 0.15) is 39.0 Å². The summed E-state index contributed by atoms with van der Waals surface area (Å²) in [6.45, 7) is 6.28. The van der Waals surface area contributed by atoms with Crippen molar-refractivity contribution in [2.24, 2.45) is 0 Å². The number of nitrogens with zero attached hydrogens (tertiary/aromatic N) is 2. The smallest absolute Gasteiger partial charge is 0.355 e. The Balaban J connectivity index is 1.72. The second-order valence-electron chi connectivity index (χ2n) is 7.22. The van der Waals surface area contributed by atoms with E-state index in [1.54, 1.807) is 37.8 Å². The number of H-pyrrole nitrogens is 1. The van der Waals surface area contributed by atoms with Gasteiger partial charge >= 0.3 is 5.97 Å². The molecule has 1 saturated heterocycles. The number of sulfonamides is 1. The molecule has 31 heavy (non-hydrogen) atoms. The average molecular weight is 450 g/mol. The molecule has 0 spiro atoms. The van der Waals surface area contributed by atoms with Crippen molar-refractivity contribution in [1.82, 2.24) is 14.2 Å². The number of piperazine rings is 1. The number of hydrogen-bond acceptors (Lipinski definition) is 6. The van der Waals surface area contributed by atoms with Crippen LogP contribution in [-0.2, 0) is 14.8 Å². The third-order valence-corrected chi connectivity index (χ3v) is 7.27. The molecule has 1 aromatic carbocycles. The van der Waals surface area contributed by atoms with Gasteiger partial charge in [0.1, 0.15) is 11.4 Å². The topological polar surface area (TPSA) is 109 Å². The highest BCUT2D eigenvalue weighted by Crippen LogP contribution is 2.24. The summed E-state index contributed by atoms with van der Waals surface area (Å²) in [4.78, 5) is 29.9. The highest BCUT2D eigenvalue weighted by Gasteiger charge is 2.32. The van der Waals surface area contributed by atoms with Gasteiger partial charge in [-0.2, -0.15) is 4.31 Å². The first-order chi connectivity index (χ1) is 14.7. The molecule has 0 aliphatic carbocycles. The van der Waals surface area contributed by atoms with Crippen molar-refractivity contribution >= 4 is 21.9 Å². The summed E-state index contributed by atoms with van der Waals surface area (Å²) in [6.07, 6.45) is 0. The van der Waals surface area contributed by atoms with Gasteiger partial charge in [0.15, 0.2) is 0 Å². The van der Waals surface area contributed by atoms with Gasteiger partial charge in [0, 0.05) is 31.9 Å². The van der Waals surface area contributed by atoms with Crippen LogP contribution in [0.3, 0.4) is 0 Å². The van der Waals surface area contributed by atoms with Crippen LogP contribution in [0.15, 0.2) is 29.2 Å². The molecule has 1 N–H and O–H groups in total. The van der Waals surface area contributed by atoms with Crippen LogP contribution in [0.25, 0.3) is 0 Å². The third kappa shape index (κ3) is 4.45. The molecule has 0 radical (unpaired) electrons. The fourth-order valence-corrected chi connectivity index (χ4v) is 5.09. The van der Waals surface area contributed by atoms with Gasteiger partial charge in [0.05, 0.1) is 24.2 Å². The number of hydrogen-bond donors (Lipinski definition) is 1. The number of benzene rings is 1. The first-order valence-corrected chi connectivity index (χ1v) is 11.4. The van der Waals surface area contributed by atoms with E-state index in [-0.39, 0.29) is 49.3 Å². The SMILES string of the molecule is CCOC(=O)c1[nH]c(C)c(C(=O)N2CCN(S(=O)(=O)c3ccc(OC)cc3)CC2)c1C. The fourth-order valence-electron chi connectivity index (χ4n) is 3.66. The summed E-state index contributed by atoms with van der Waals surface area (Å²) < 4.78 is 37.3. The maximum atomic E-state index is 13.1. The number of esters is 1. The van der Waals surface area contributed by atoms with E-state index in [0.717, 1.165) is 0 Å². The Morgan fingerprint density at radius 1 is 1.06 bits per heavy atom. The summed E-state index contributed by atoms with van der Waals surface area (Å²) in [6, 6.07) is 6.22. The highest BCUT2D eigenvalue weighted by molar-refractivity contribution is 7.89. The zero-order valence-electron chi connectivity index (χ0n) is 18.1. The number of carbonyl (C=O) groups excluding carboxylic acids is 2. The quantitative estimate of drug-likeness (QED) is 0.676. The summed E-state index contributed by atoms with van der Waals surface area (Å²) >= 11 is 0. The van der Waals surface area contributed by atoms with Gasteiger partial charge in [-0.1, -0.05) is 0 Å². The number of aromatic amines is 1. The lowest BCUT2D eigenvalue weighted by Gasteiger charge is -2.34. The monoisotopic (exact) mass is 449 g/mol. The summed E-state index contributed by atoms with van der Waals surface area (Å²) in [5.74, 6) is -0.158. The van der Waals surface area contributed by atoms with Gasteiger partial charge in [0.25, 0.3) is 5.91 Å². The number of aryl methyl sites for hydroxylation is 1.